The summed E-state index contributed by atoms with van der Waals surface area (Å²) in [5.74, 6) is 5.66. The van der Waals surface area contributed by atoms with E-state index in [2.05, 4.69) is 12.8 Å². The van der Waals surface area contributed by atoms with Gasteiger partial charge in [-0.05, 0) is 74.7 Å². The molecule has 0 aromatic carbocycles. The Morgan fingerprint density at radius 3 is 2.77 bits per heavy atom. The minimum absolute atomic E-state index is 0.103. The number of hydrogen-bond donors (Lipinski definition) is 1. The van der Waals surface area contributed by atoms with E-state index in [1.807, 2.05) is 6.08 Å². The number of allylic oxidation sites excluding steroid dienone is 1. The topological polar surface area (TPSA) is 37.3 Å². The number of ketones is 1. The van der Waals surface area contributed by atoms with Crippen molar-refractivity contribution in [3.05, 3.63) is 11.6 Å². The van der Waals surface area contributed by atoms with Crippen LogP contribution in [0.25, 0.3) is 0 Å². The largest absolute Gasteiger partial charge is 0.377 e. The lowest BCUT2D eigenvalue weighted by Crippen LogP contribution is -2.52. The first-order valence-corrected chi connectivity index (χ1v) is 8.92. The highest BCUT2D eigenvalue weighted by Gasteiger charge is 2.61. The van der Waals surface area contributed by atoms with Crippen molar-refractivity contribution >= 4 is 5.78 Å². The number of carbonyl (C=O) groups excluding carboxylic acids is 1. The first-order valence-electron chi connectivity index (χ1n) is 8.92. The van der Waals surface area contributed by atoms with E-state index < -0.39 is 5.60 Å². The molecule has 4 rings (SSSR count). The minimum Gasteiger partial charge on any atom is -0.377 e. The molecule has 0 aromatic rings. The third-order valence-corrected chi connectivity index (χ3v) is 7.69. The smallest absolute Gasteiger partial charge is 0.155 e. The van der Waals surface area contributed by atoms with Crippen molar-refractivity contribution in [3.63, 3.8) is 0 Å². The van der Waals surface area contributed by atoms with Crippen molar-refractivity contribution in [2.75, 3.05) is 0 Å². The second-order valence-corrected chi connectivity index (χ2v) is 8.30. The SMILES string of the molecule is C#C[C@]1(O)CCC2[C@@H]3CCC4=CC(=O)CC[C@@H]4C3CC[C@@]21C. The van der Waals surface area contributed by atoms with Crippen molar-refractivity contribution in [2.45, 2.75) is 63.9 Å². The highest BCUT2D eigenvalue weighted by molar-refractivity contribution is 5.91. The van der Waals surface area contributed by atoms with Gasteiger partial charge in [-0.2, -0.15) is 0 Å². The van der Waals surface area contributed by atoms with Crippen molar-refractivity contribution in [1.82, 2.24) is 0 Å². The average Bonchev–Trinajstić information content (AvgIpc) is 2.79. The van der Waals surface area contributed by atoms with Gasteiger partial charge in [0.1, 0.15) is 5.60 Å². The molecule has 0 spiro atoms. The maximum Gasteiger partial charge on any atom is 0.155 e. The Balaban J connectivity index is 1.65. The number of rotatable bonds is 0. The van der Waals surface area contributed by atoms with Gasteiger partial charge in [0.2, 0.25) is 0 Å². The van der Waals surface area contributed by atoms with Crippen LogP contribution in [0.1, 0.15) is 58.3 Å². The lowest BCUT2D eigenvalue weighted by Gasteiger charge is -2.54. The number of aliphatic hydroxyl groups is 1. The van der Waals surface area contributed by atoms with E-state index in [0.29, 0.717) is 29.5 Å². The van der Waals surface area contributed by atoms with Crippen LogP contribution in [0.4, 0.5) is 0 Å². The summed E-state index contributed by atoms with van der Waals surface area (Å²) >= 11 is 0. The molecule has 0 heterocycles. The third-order valence-electron chi connectivity index (χ3n) is 7.69. The first-order chi connectivity index (χ1) is 10.5. The second-order valence-electron chi connectivity index (χ2n) is 8.30. The molecule has 3 fully saturated rings. The van der Waals surface area contributed by atoms with Crippen molar-refractivity contribution in [3.8, 4) is 12.3 Å². The molecule has 0 amide bonds. The van der Waals surface area contributed by atoms with Crippen LogP contribution in [-0.2, 0) is 4.79 Å². The number of fused-ring (bicyclic) bond motifs is 5. The van der Waals surface area contributed by atoms with E-state index in [9.17, 15) is 9.90 Å². The number of terminal acetylenes is 1. The average molecular weight is 298 g/mol. The predicted octanol–water partition coefficient (Wildman–Crippen LogP) is 3.49. The maximum atomic E-state index is 11.7. The molecule has 2 unspecified atom stereocenters. The highest BCUT2D eigenvalue weighted by atomic mass is 16.3. The van der Waals surface area contributed by atoms with E-state index in [4.69, 9.17) is 6.42 Å². The fourth-order valence-electron chi connectivity index (χ4n) is 6.43. The molecule has 4 aliphatic carbocycles. The van der Waals surface area contributed by atoms with Crippen LogP contribution in [0.15, 0.2) is 11.6 Å². The van der Waals surface area contributed by atoms with Gasteiger partial charge in [-0.1, -0.05) is 18.4 Å². The number of carbonyl (C=O) groups is 1. The lowest BCUT2D eigenvalue weighted by molar-refractivity contribution is -0.116. The van der Waals surface area contributed by atoms with Crippen LogP contribution >= 0.6 is 0 Å². The molecule has 118 valence electrons. The van der Waals surface area contributed by atoms with Crippen LogP contribution in [0.2, 0.25) is 0 Å². The molecular formula is C20H26O2. The molecule has 0 bridgehead atoms. The van der Waals surface area contributed by atoms with Crippen LogP contribution < -0.4 is 0 Å². The molecule has 1 N–H and O–H groups in total. The van der Waals surface area contributed by atoms with E-state index in [1.54, 1.807) is 0 Å². The van der Waals surface area contributed by atoms with Crippen LogP contribution in [-0.4, -0.2) is 16.5 Å². The van der Waals surface area contributed by atoms with Gasteiger partial charge in [-0.15, -0.1) is 6.42 Å². The second kappa shape index (κ2) is 4.71. The van der Waals surface area contributed by atoms with Gasteiger partial charge in [0.15, 0.2) is 5.78 Å². The van der Waals surface area contributed by atoms with E-state index in [-0.39, 0.29) is 5.41 Å². The summed E-state index contributed by atoms with van der Waals surface area (Å²) in [6, 6.07) is 0. The molecule has 3 saturated carbocycles. The summed E-state index contributed by atoms with van der Waals surface area (Å²) in [5, 5.41) is 10.9. The molecule has 0 aromatic heterocycles. The molecular weight excluding hydrogens is 272 g/mol. The Hall–Kier alpha value is -1.07. The molecule has 2 heteroatoms. The highest BCUT2D eigenvalue weighted by Crippen LogP contribution is 2.64. The van der Waals surface area contributed by atoms with Crippen molar-refractivity contribution < 1.29 is 9.90 Å². The standard InChI is InChI=1S/C20H26O2/c1-3-20(22)11-9-18-17-6-4-13-12-14(21)5-7-15(13)16(17)8-10-19(18,20)2/h1,12,15-18,22H,4-11H2,2H3/t15-,16?,17+,18?,19-,20-/m0/s1. The van der Waals surface area contributed by atoms with Gasteiger partial charge >= 0.3 is 0 Å². The molecule has 6 atom stereocenters. The van der Waals surface area contributed by atoms with E-state index in [1.165, 1.54) is 12.0 Å². The lowest BCUT2D eigenvalue weighted by atomic mass is 9.50. The summed E-state index contributed by atoms with van der Waals surface area (Å²) in [7, 11) is 0. The Kier molecular flexibility index (Phi) is 3.11. The van der Waals surface area contributed by atoms with Crippen molar-refractivity contribution in [1.29, 1.82) is 0 Å². The van der Waals surface area contributed by atoms with Crippen LogP contribution in [0, 0.1) is 41.4 Å². The Morgan fingerprint density at radius 2 is 2.00 bits per heavy atom. The fraction of sp³-hybridized carbons (Fsp3) is 0.750. The molecule has 4 aliphatic rings. The third kappa shape index (κ3) is 1.75. The molecule has 0 saturated heterocycles. The first kappa shape index (κ1) is 14.5. The van der Waals surface area contributed by atoms with Crippen LogP contribution in [0.5, 0.6) is 0 Å². The summed E-state index contributed by atoms with van der Waals surface area (Å²) in [6.45, 7) is 2.23. The normalized spacial score (nSPS) is 50.4. The quantitative estimate of drug-likeness (QED) is 0.695. The monoisotopic (exact) mass is 298 g/mol. The zero-order valence-electron chi connectivity index (χ0n) is 13.5. The summed E-state index contributed by atoms with van der Waals surface area (Å²) in [5.41, 5.74) is 0.418. The van der Waals surface area contributed by atoms with Gasteiger partial charge in [0, 0.05) is 11.8 Å². The Bertz CT molecular complexity index is 583. The predicted molar refractivity (Wildman–Crippen MR) is 85.9 cm³/mol. The fourth-order valence-corrected chi connectivity index (χ4v) is 6.43. The molecule has 2 nitrogen and oxygen atoms in total. The van der Waals surface area contributed by atoms with Gasteiger partial charge in [0.25, 0.3) is 0 Å². The summed E-state index contributed by atoms with van der Waals surface area (Å²) in [4.78, 5) is 11.7. The molecule has 0 radical (unpaired) electrons. The minimum atomic E-state index is -0.902. The van der Waals surface area contributed by atoms with Crippen LogP contribution in [0.3, 0.4) is 0 Å². The van der Waals surface area contributed by atoms with Gasteiger partial charge in [-0.25, -0.2) is 0 Å². The Labute approximate surface area is 133 Å². The zero-order valence-corrected chi connectivity index (χ0v) is 13.5. The summed E-state index contributed by atoms with van der Waals surface area (Å²) in [6.07, 6.45) is 15.7. The summed E-state index contributed by atoms with van der Waals surface area (Å²) < 4.78 is 0. The molecule has 0 aliphatic heterocycles. The van der Waals surface area contributed by atoms with Gasteiger partial charge in [0.05, 0.1) is 0 Å². The Morgan fingerprint density at radius 1 is 1.18 bits per heavy atom. The van der Waals surface area contributed by atoms with Gasteiger partial charge < -0.3 is 5.11 Å². The van der Waals surface area contributed by atoms with Crippen molar-refractivity contribution in [2.24, 2.45) is 29.1 Å². The van der Waals surface area contributed by atoms with E-state index >= 15 is 0 Å². The van der Waals surface area contributed by atoms with E-state index in [0.717, 1.165) is 44.9 Å². The van der Waals surface area contributed by atoms with Gasteiger partial charge in [-0.3, -0.25) is 4.79 Å². The zero-order chi connectivity index (χ0) is 15.5. The number of hydrogen-bond acceptors (Lipinski definition) is 2. The maximum absolute atomic E-state index is 11.7. The molecule has 22 heavy (non-hydrogen) atoms.